The highest BCUT2D eigenvalue weighted by molar-refractivity contribution is 7.99. The van der Waals surface area contributed by atoms with Gasteiger partial charge in [-0.05, 0) is 62.2 Å². The number of hydrogen-bond acceptors (Lipinski definition) is 5. The molecule has 1 amide bonds. The van der Waals surface area contributed by atoms with Crippen LogP contribution in [0, 0.1) is 20.8 Å². The number of carbonyl (C=O) groups is 1. The summed E-state index contributed by atoms with van der Waals surface area (Å²) in [5, 5.41) is 8.55. The van der Waals surface area contributed by atoms with Crippen LogP contribution in [0.15, 0.2) is 69.5 Å². The number of carbonyl (C=O) groups excluding carboxylic acids is 1. The van der Waals surface area contributed by atoms with Crippen molar-refractivity contribution in [2.75, 3.05) is 5.32 Å². The molecule has 3 N–H and O–H groups in total. The topological polar surface area (TPSA) is 102 Å². The second kappa shape index (κ2) is 8.36. The van der Waals surface area contributed by atoms with Gasteiger partial charge >= 0.3 is 0 Å². The molecule has 0 fully saturated rings. The lowest BCUT2D eigenvalue weighted by Crippen LogP contribution is -2.16. The van der Waals surface area contributed by atoms with E-state index in [0.717, 1.165) is 16.0 Å². The fraction of sp³-hybridized carbons (Fsp3) is 0.143. The van der Waals surface area contributed by atoms with Crippen LogP contribution in [-0.2, 0) is 10.0 Å². The van der Waals surface area contributed by atoms with Crippen LogP contribution in [0.5, 0.6) is 0 Å². The summed E-state index contributed by atoms with van der Waals surface area (Å²) < 4.78 is 23.5. The van der Waals surface area contributed by atoms with Crippen LogP contribution in [0.2, 0.25) is 0 Å². The highest BCUT2D eigenvalue weighted by atomic mass is 32.2. The summed E-state index contributed by atoms with van der Waals surface area (Å²) >= 11 is 1.41. The van der Waals surface area contributed by atoms with Crippen molar-refractivity contribution in [2.24, 2.45) is 5.14 Å². The third-order valence-corrected chi connectivity index (χ3v) is 6.55. The van der Waals surface area contributed by atoms with Crippen molar-refractivity contribution >= 4 is 33.4 Å². The minimum atomic E-state index is -3.88. The molecule has 0 saturated heterocycles. The fourth-order valence-electron chi connectivity index (χ4n) is 2.85. The average Bonchev–Trinajstić information content (AvgIpc) is 2.65. The third kappa shape index (κ3) is 5.03. The number of benzene rings is 2. The second-order valence-corrected chi connectivity index (χ2v) is 9.27. The zero-order valence-electron chi connectivity index (χ0n) is 16.3. The van der Waals surface area contributed by atoms with Gasteiger partial charge in [0, 0.05) is 16.8 Å². The molecule has 0 spiro atoms. The molecule has 3 aromatic rings. The zero-order chi connectivity index (χ0) is 21.2. The molecule has 2 aromatic carbocycles. The molecule has 8 heteroatoms. The third-order valence-electron chi connectivity index (χ3n) is 4.31. The van der Waals surface area contributed by atoms with Crippen LogP contribution < -0.4 is 10.5 Å². The van der Waals surface area contributed by atoms with Gasteiger partial charge in [-0.2, -0.15) is 0 Å². The SMILES string of the molecule is Cc1ccc(Sc2ncccc2C(=O)Nc2ccc(C)c(S(N)(=O)=O)c2)c(C)c1. The molecule has 6 nitrogen and oxygen atoms in total. The highest BCUT2D eigenvalue weighted by Gasteiger charge is 2.17. The second-order valence-electron chi connectivity index (χ2n) is 6.71. The quantitative estimate of drug-likeness (QED) is 0.639. The predicted molar refractivity (Wildman–Crippen MR) is 115 cm³/mol. The standard InChI is InChI=1S/C21H21N3O3S2/c1-13-6-9-18(15(3)11-13)28-21-17(5-4-10-23-21)20(25)24-16-8-7-14(2)19(12-16)29(22,26)27/h4-12H,1-3H3,(H,24,25)(H2,22,26,27). The molecule has 0 unspecified atom stereocenters. The first-order chi connectivity index (χ1) is 13.6. The Kier molecular flexibility index (Phi) is 6.07. The van der Waals surface area contributed by atoms with E-state index in [1.54, 1.807) is 37.4 Å². The monoisotopic (exact) mass is 427 g/mol. The summed E-state index contributed by atoms with van der Waals surface area (Å²) in [7, 11) is -3.88. The average molecular weight is 428 g/mol. The van der Waals surface area contributed by atoms with E-state index in [1.165, 1.54) is 17.8 Å². The smallest absolute Gasteiger partial charge is 0.258 e. The summed E-state index contributed by atoms with van der Waals surface area (Å²) in [4.78, 5) is 18.2. The van der Waals surface area contributed by atoms with E-state index in [-0.39, 0.29) is 10.8 Å². The molecule has 150 valence electrons. The van der Waals surface area contributed by atoms with Crippen LogP contribution in [0.3, 0.4) is 0 Å². The molecule has 1 aromatic heterocycles. The Morgan fingerprint density at radius 3 is 2.48 bits per heavy atom. The van der Waals surface area contributed by atoms with Gasteiger partial charge in [-0.3, -0.25) is 4.79 Å². The van der Waals surface area contributed by atoms with Crippen molar-refractivity contribution in [3.63, 3.8) is 0 Å². The summed E-state index contributed by atoms with van der Waals surface area (Å²) in [5.41, 5.74) is 3.52. The lowest BCUT2D eigenvalue weighted by Gasteiger charge is -2.12. The maximum absolute atomic E-state index is 12.9. The van der Waals surface area contributed by atoms with E-state index in [0.29, 0.717) is 21.8 Å². The summed E-state index contributed by atoms with van der Waals surface area (Å²) in [5.74, 6) is -0.380. The molecule has 0 aliphatic rings. The molecule has 0 bridgehead atoms. The molecule has 0 radical (unpaired) electrons. The number of hydrogen-bond donors (Lipinski definition) is 2. The summed E-state index contributed by atoms with van der Waals surface area (Å²) in [6, 6.07) is 14.1. The molecular formula is C21H21N3O3S2. The maximum Gasteiger partial charge on any atom is 0.258 e. The number of nitrogens with two attached hydrogens (primary N) is 1. The molecule has 0 saturated carbocycles. The number of nitrogens with one attached hydrogen (secondary N) is 1. The number of aryl methyl sites for hydroxylation is 3. The molecule has 0 aliphatic heterocycles. The van der Waals surface area contributed by atoms with Crippen molar-refractivity contribution in [3.8, 4) is 0 Å². The number of amides is 1. The van der Waals surface area contributed by atoms with Gasteiger partial charge in [-0.1, -0.05) is 35.5 Å². The van der Waals surface area contributed by atoms with Crippen LogP contribution in [-0.4, -0.2) is 19.3 Å². The van der Waals surface area contributed by atoms with Crippen LogP contribution in [0.25, 0.3) is 0 Å². The predicted octanol–water partition coefficient (Wildman–Crippen LogP) is 4.06. The van der Waals surface area contributed by atoms with Crippen LogP contribution in [0.4, 0.5) is 5.69 Å². The van der Waals surface area contributed by atoms with E-state index >= 15 is 0 Å². The number of aromatic nitrogens is 1. The Bertz CT molecular complexity index is 1190. The van der Waals surface area contributed by atoms with Crippen molar-refractivity contribution in [2.45, 2.75) is 35.6 Å². The minimum Gasteiger partial charge on any atom is -0.322 e. The van der Waals surface area contributed by atoms with Crippen molar-refractivity contribution in [1.29, 1.82) is 0 Å². The number of sulfonamides is 1. The van der Waals surface area contributed by atoms with Crippen LogP contribution >= 0.6 is 11.8 Å². The van der Waals surface area contributed by atoms with E-state index in [1.807, 2.05) is 26.0 Å². The summed E-state index contributed by atoms with van der Waals surface area (Å²) in [6.07, 6.45) is 1.63. The van der Waals surface area contributed by atoms with Crippen LogP contribution in [0.1, 0.15) is 27.0 Å². The number of pyridine rings is 1. The van der Waals surface area contributed by atoms with Gasteiger partial charge in [0.2, 0.25) is 10.0 Å². The van der Waals surface area contributed by atoms with E-state index < -0.39 is 10.0 Å². The van der Waals surface area contributed by atoms with Gasteiger partial charge in [0.05, 0.1) is 10.5 Å². The number of anilines is 1. The zero-order valence-corrected chi connectivity index (χ0v) is 17.9. The maximum atomic E-state index is 12.9. The highest BCUT2D eigenvalue weighted by Crippen LogP contribution is 2.32. The lowest BCUT2D eigenvalue weighted by atomic mass is 10.2. The Morgan fingerprint density at radius 2 is 1.79 bits per heavy atom. The molecule has 0 aliphatic carbocycles. The molecule has 29 heavy (non-hydrogen) atoms. The van der Waals surface area contributed by atoms with Gasteiger partial charge in [0.15, 0.2) is 0 Å². The first kappa shape index (κ1) is 21.0. The van der Waals surface area contributed by atoms with Gasteiger partial charge in [-0.25, -0.2) is 18.5 Å². The summed E-state index contributed by atoms with van der Waals surface area (Å²) in [6.45, 7) is 5.68. The van der Waals surface area contributed by atoms with Gasteiger partial charge in [0.1, 0.15) is 5.03 Å². The molecule has 1 heterocycles. The van der Waals surface area contributed by atoms with E-state index in [2.05, 4.69) is 16.4 Å². The largest absolute Gasteiger partial charge is 0.322 e. The normalized spacial score (nSPS) is 11.3. The first-order valence-electron chi connectivity index (χ1n) is 8.80. The van der Waals surface area contributed by atoms with Crippen molar-refractivity contribution in [3.05, 3.63) is 77.0 Å². The Morgan fingerprint density at radius 1 is 1.03 bits per heavy atom. The first-order valence-corrected chi connectivity index (χ1v) is 11.2. The van der Waals surface area contributed by atoms with Crippen molar-refractivity contribution in [1.82, 2.24) is 4.98 Å². The Labute approximate surface area is 174 Å². The number of primary sulfonamides is 1. The molecule has 0 atom stereocenters. The number of nitrogens with zero attached hydrogens (tertiary/aromatic N) is 1. The number of rotatable bonds is 5. The van der Waals surface area contributed by atoms with Gasteiger partial charge in [0.25, 0.3) is 5.91 Å². The minimum absolute atomic E-state index is 0.0219. The molecular weight excluding hydrogens is 406 g/mol. The Balaban J connectivity index is 1.89. The van der Waals surface area contributed by atoms with Gasteiger partial charge < -0.3 is 5.32 Å². The lowest BCUT2D eigenvalue weighted by molar-refractivity contribution is 0.102. The van der Waals surface area contributed by atoms with Crippen molar-refractivity contribution < 1.29 is 13.2 Å². The van der Waals surface area contributed by atoms with Gasteiger partial charge in [-0.15, -0.1) is 0 Å². The van der Waals surface area contributed by atoms with E-state index in [9.17, 15) is 13.2 Å². The fourth-order valence-corrected chi connectivity index (χ4v) is 4.60. The van der Waals surface area contributed by atoms with E-state index in [4.69, 9.17) is 5.14 Å². The Hall–Kier alpha value is -2.68. The molecule has 3 rings (SSSR count).